The molecule has 0 aromatic rings. The maximum absolute atomic E-state index is 13.3. The van der Waals surface area contributed by atoms with Crippen molar-refractivity contribution in [1.29, 1.82) is 0 Å². The summed E-state index contributed by atoms with van der Waals surface area (Å²) in [4.78, 5) is 32.1. The standard InChI is InChI=1S/C14H24FN7O3/c1-14(15)8-21(9-14)12(23)7-18-10-17-6-11(19-25)22-5-4-20(3-2-16)13(22)24/h6,18,25H,2-5,7-10,16H2,1H3/b17-6-,19-11?. The first kappa shape index (κ1) is 19.1. The lowest BCUT2D eigenvalue weighted by molar-refractivity contribution is -0.142. The summed E-state index contributed by atoms with van der Waals surface area (Å²) in [5.41, 5.74) is 4.14. The molecule has 2 saturated heterocycles. The van der Waals surface area contributed by atoms with Crippen LogP contribution in [-0.2, 0) is 4.79 Å². The Morgan fingerprint density at radius 1 is 1.48 bits per heavy atom. The summed E-state index contributed by atoms with van der Waals surface area (Å²) in [5, 5.41) is 14.9. The molecule has 0 aromatic heterocycles. The Morgan fingerprint density at radius 3 is 2.80 bits per heavy atom. The number of likely N-dealkylation sites (tertiary alicyclic amines) is 1. The van der Waals surface area contributed by atoms with Gasteiger partial charge in [-0.1, -0.05) is 5.16 Å². The van der Waals surface area contributed by atoms with Gasteiger partial charge in [0.2, 0.25) is 5.91 Å². The SMILES string of the molecule is CC1(F)CN(C(=O)CNC/N=C\C(=NO)N2CCN(CCN)C2=O)C1. The topological polar surface area (TPSA) is 127 Å². The van der Waals surface area contributed by atoms with Gasteiger partial charge in [-0.15, -0.1) is 0 Å². The van der Waals surface area contributed by atoms with Crippen LogP contribution in [0.25, 0.3) is 0 Å². The van der Waals surface area contributed by atoms with Crippen molar-refractivity contribution < 1.29 is 19.2 Å². The molecule has 2 heterocycles. The maximum Gasteiger partial charge on any atom is 0.325 e. The lowest BCUT2D eigenvalue weighted by Gasteiger charge is -2.42. The Morgan fingerprint density at radius 2 is 2.20 bits per heavy atom. The van der Waals surface area contributed by atoms with Crippen LogP contribution in [0.15, 0.2) is 10.1 Å². The Hall–Kier alpha value is -2.27. The van der Waals surface area contributed by atoms with Crippen molar-refractivity contribution in [3.05, 3.63) is 0 Å². The van der Waals surface area contributed by atoms with E-state index in [1.54, 1.807) is 4.90 Å². The molecule has 2 aliphatic rings. The van der Waals surface area contributed by atoms with E-state index < -0.39 is 5.67 Å². The van der Waals surface area contributed by atoms with E-state index in [-0.39, 0.29) is 44.1 Å². The number of aliphatic imine (C=N–C) groups is 1. The van der Waals surface area contributed by atoms with Crippen LogP contribution in [0, 0.1) is 0 Å². The molecule has 0 atom stereocenters. The van der Waals surface area contributed by atoms with Crippen molar-refractivity contribution in [3.8, 4) is 0 Å². The van der Waals surface area contributed by atoms with E-state index in [9.17, 15) is 14.0 Å². The van der Waals surface area contributed by atoms with E-state index in [1.165, 1.54) is 22.9 Å². The van der Waals surface area contributed by atoms with Gasteiger partial charge in [-0.05, 0) is 6.92 Å². The molecule has 11 heteroatoms. The highest BCUT2D eigenvalue weighted by Gasteiger charge is 2.41. The molecule has 0 aliphatic carbocycles. The molecule has 0 spiro atoms. The van der Waals surface area contributed by atoms with Crippen molar-refractivity contribution in [2.24, 2.45) is 15.9 Å². The highest BCUT2D eigenvalue weighted by atomic mass is 19.1. The third kappa shape index (κ3) is 4.86. The second kappa shape index (κ2) is 8.21. The van der Waals surface area contributed by atoms with Crippen LogP contribution in [0.3, 0.4) is 0 Å². The summed E-state index contributed by atoms with van der Waals surface area (Å²) in [6, 6.07) is -0.292. The van der Waals surface area contributed by atoms with Crippen molar-refractivity contribution in [2.45, 2.75) is 12.6 Å². The fraction of sp³-hybridized carbons (Fsp3) is 0.714. The number of hydrogen-bond donors (Lipinski definition) is 3. The molecule has 0 aromatic carbocycles. The van der Waals surface area contributed by atoms with Gasteiger partial charge in [-0.25, -0.2) is 9.18 Å². The maximum atomic E-state index is 13.3. The predicted octanol–water partition coefficient (Wildman–Crippen LogP) is -1.34. The Balaban J connectivity index is 1.71. The van der Waals surface area contributed by atoms with Crippen molar-refractivity contribution in [3.63, 3.8) is 0 Å². The third-order valence-corrected chi connectivity index (χ3v) is 3.95. The number of oxime groups is 1. The highest BCUT2D eigenvalue weighted by Crippen LogP contribution is 2.23. The van der Waals surface area contributed by atoms with E-state index in [1.807, 2.05) is 0 Å². The Labute approximate surface area is 145 Å². The summed E-state index contributed by atoms with van der Waals surface area (Å²) in [7, 11) is 0. The zero-order chi connectivity index (χ0) is 18.4. The lowest BCUT2D eigenvalue weighted by atomic mass is 9.99. The fourth-order valence-corrected chi connectivity index (χ4v) is 2.70. The average Bonchev–Trinajstić information content (AvgIpc) is 2.90. The number of rotatable bonds is 7. The second-order valence-electron chi connectivity index (χ2n) is 6.23. The van der Waals surface area contributed by atoms with Gasteiger partial charge >= 0.3 is 6.03 Å². The summed E-state index contributed by atoms with van der Waals surface area (Å²) >= 11 is 0. The molecule has 2 fully saturated rings. The number of halogens is 1. The molecule has 4 N–H and O–H groups in total. The van der Waals surface area contributed by atoms with Gasteiger partial charge in [0.05, 0.1) is 32.5 Å². The number of carbonyl (C=O) groups excluding carboxylic acids is 2. The largest absolute Gasteiger partial charge is 0.409 e. The molecule has 3 amide bonds. The smallest absolute Gasteiger partial charge is 0.325 e. The zero-order valence-corrected chi connectivity index (χ0v) is 14.2. The number of amides is 3. The monoisotopic (exact) mass is 357 g/mol. The van der Waals surface area contributed by atoms with E-state index in [2.05, 4.69) is 15.5 Å². The molecule has 0 bridgehead atoms. The third-order valence-electron chi connectivity index (χ3n) is 3.95. The zero-order valence-electron chi connectivity index (χ0n) is 14.2. The molecular formula is C14H24FN7O3. The van der Waals surface area contributed by atoms with Crippen LogP contribution in [0.2, 0.25) is 0 Å². The Bertz CT molecular complexity index is 559. The minimum absolute atomic E-state index is 0.0218. The normalized spacial score (nSPS) is 20.5. The number of nitrogens with one attached hydrogen (secondary N) is 1. The average molecular weight is 357 g/mol. The summed E-state index contributed by atoms with van der Waals surface area (Å²) in [5.74, 6) is -0.179. The summed E-state index contributed by atoms with van der Waals surface area (Å²) in [6.45, 7) is 3.47. The molecule has 140 valence electrons. The van der Waals surface area contributed by atoms with Gasteiger partial charge in [-0.3, -0.25) is 20.0 Å². The van der Waals surface area contributed by atoms with Crippen molar-refractivity contribution in [2.75, 3.05) is 52.5 Å². The van der Waals surface area contributed by atoms with E-state index in [4.69, 9.17) is 10.9 Å². The van der Waals surface area contributed by atoms with E-state index in [0.29, 0.717) is 26.2 Å². The number of amidine groups is 1. The van der Waals surface area contributed by atoms with Crippen LogP contribution >= 0.6 is 0 Å². The van der Waals surface area contributed by atoms with Gasteiger partial charge in [0, 0.05) is 26.2 Å². The van der Waals surface area contributed by atoms with Crippen LogP contribution in [-0.4, -0.2) is 102 Å². The molecule has 0 unspecified atom stereocenters. The number of urea groups is 1. The molecular weight excluding hydrogens is 333 g/mol. The van der Waals surface area contributed by atoms with Gasteiger partial charge in [0.1, 0.15) is 5.67 Å². The molecule has 10 nitrogen and oxygen atoms in total. The molecule has 2 aliphatic heterocycles. The van der Waals surface area contributed by atoms with Crippen LogP contribution < -0.4 is 11.1 Å². The fourth-order valence-electron chi connectivity index (χ4n) is 2.70. The highest BCUT2D eigenvalue weighted by molar-refractivity contribution is 6.32. The van der Waals surface area contributed by atoms with Gasteiger partial charge < -0.3 is 20.7 Å². The van der Waals surface area contributed by atoms with Crippen LogP contribution in [0.4, 0.5) is 9.18 Å². The van der Waals surface area contributed by atoms with Gasteiger partial charge in [0.25, 0.3) is 0 Å². The van der Waals surface area contributed by atoms with Gasteiger partial charge in [-0.2, -0.15) is 0 Å². The first-order chi connectivity index (χ1) is 11.9. The molecule has 2 rings (SSSR count). The Kier molecular flexibility index (Phi) is 6.26. The number of nitrogens with zero attached hydrogens (tertiary/aromatic N) is 5. The number of alkyl halides is 1. The predicted molar refractivity (Wildman–Crippen MR) is 89.4 cm³/mol. The second-order valence-corrected chi connectivity index (χ2v) is 6.23. The summed E-state index contributed by atoms with van der Waals surface area (Å²) < 4.78 is 13.3. The van der Waals surface area contributed by atoms with Crippen molar-refractivity contribution >= 4 is 24.0 Å². The first-order valence-corrected chi connectivity index (χ1v) is 8.04. The number of nitrogens with two attached hydrogens (primary N) is 1. The number of carbonyl (C=O) groups is 2. The minimum atomic E-state index is -1.29. The van der Waals surface area contributed by atoms with Crippen LogP contribution in [0.5, 0.6) is 0 Å². The number of hydrogen-bond acceptors (Lipinski definition) is 7. The summed E-state index contributed by atoms with van der Waals surface area (Å²) in [6.07, 6.45) is 1.25. The van der Waals surface area contributed by atoms with Gasteiger partial charge in [0.15, 0.2) is 5.84 Å². The van der Waals surface area contributed by atoms with Crippen molar-refractivity contribution in [1.82, 2.24) is 20.0 Å². The van der Waals surface area contributed by atoms with Crippen LogP contribution in [0.1, 0.15) is 6.92 Å². The molecule has 0 saturated carbocycles. The first-order valence-electron chi connectivity index (χ1n) is 8.04. The van der Waals surface area contributed by atoms with E-state index >= 15 is 0 Å². The quantitative estimate of drug-likeness (QED) is 0.171. The molecule has 0 radical (unpaired) electrons. The lowest BCUT2D eigenvalue weighted by Crippen LogP contribution is -2.60. The van der Waals surface area contributed by atoms with E-state index in [0.717, 1.165) is 0 Å². The molecule has 25 heavy (non-hydrogen) atoms. The minimum Gasteiger partial charge on any atom is -0.409 e.